The van der Waals surface area contributed by atoms with Gasteiger partial charge in [0.25, 0.3) is 0 Å². The Hall–Kier alpha value is -6.73. The van der Waals surface area contributed by atoms with Crippen molar-refractivity contribution < 1.29 is 0 Å². The largest absolute Gasteiger partial charge is 0.309 e. The summed E-state index contributed by atoms with van der Waals surface area (Å²) < 4.78 is 0. The van der Waals surface area contributed by atoms with Crippen molar-refractivity contribution in [3.63, 3.8) is 0 Å². The van der Waals surface area contributed by atoms with Gasteiger partial charge < -0.3 is 9.80 Å². The predicted octanol–water partition coefficient (Wildman–Crippen LogP) is 18.5. The molecule has 0 aromatic heterocycles. The number of aryl methyl sites for hydroxylation is 4. The number of hydrogen-bond acceptors (Lipinski definition) is 2. The maximum Gasteiger partial charge on any atom is 0.0784 e. The van der Waals surface area contributed by atoms with Crippen molar-refractivity contribution in [1.29, 1.82) is 0 Å². The second kappa shape index (κ2) is 17.6. The van der Waals surface area contributed by atoms with Crippen molar-refractivity contribution in [2.45, 2.75) is 93.2 Å². The summed E-state index contributed by atoms with van der Waals surface area (Å²) in [7, 11) is -3.61. The molecule has 0 aliphatic rings. The van der Waals surface area contributed by atoms with Gasteiger partial charge in [-0.05, 0) is 130 Å². The lowest BCUT2D eigenvalue weighted by atomic mass is 9.83. The Kier molecular flexibility index (Phi) is 11.8. The molecule has 0 N–H and O–H groups in total. The van der Waals surface area contributed by atoms with E-state index in [4.69, 9.17) is 0 Å². The normalized spacial score (nSPS) is 12.4. The molecule has 0 atom stereocenters. The van der Waals surface area contributed by atoms with Crippen LogP contribution in [0.2, 0.25) is 39.3 Å². The zero-order valence-electron chi connectivity index (χ0n) is 43.6. The fraction of sp³-hybridized carbons (Fsp3) is 0.212. The van der Waals surface area contributed by atoms with E-state index >= 15 is 0 Å². The maximum absolute atomic E-state index is 2.60. The fourth-order valence-corrected chi connectivity index (χ4v) is 14.3. The molecule has 70 heavy (non-hydrogen) atoms. The maximum atomic E-state index is 2.60. The first kappa shape index (κ1) is 47.0. The Bertz CT molecular complexity index is 3360. The van der Waals surface area contributed by atoms with Gasteiger partial charge in [0.1, 0.15) is 0 Å². The first-order valence-corrected chi connectivity index (χ1v) is 32.2. The van der Waals surface area contributed by atoms with Gasteiger partial charge >= 0.3 is 0 Å². The van der Waals surface area contributed by atoms with E-state index < -0.39 is 16.1 Å². The van der Waals surface area contributed by atoms with Crippen LogP contribution in [0.4, 0.5) is 34.1 Å². The van der Waals surface area contributed by atoms with Crippen LogP contribution in [0.5, 0.6) is 0 Å². The summed E-state index contributed by atoms with van der Waals surface area (Å²) in [5, 5.41) is 10.6. The van der Waals surface area contributed by atoms with Gasteiger partial charge in [0.15, 0.2) is 0 Å². The molecule has 0 saturated carbocycles. The van der Waals surface area contributed by atoms with E-state index in [9.17, 15) is 0 Å². The molecule has 10 aromatic rings. The monoisotopic (exact) mass is 944 g/mol. The quantitative estimate of drug-likeness (QED) is 0.0996. The lowest BCUT2D eigenvalue weighted by Gasteiger charge is -2.36. The molecule has 0 radical (unpaired) electrons. The van der Waals surface area contributed by atoms with E-state index in [1.165, 1.54) is 116 Å². The highest BCUT2D eigenvalue weighted by Crippen LogP contribution is 2.52. The van der Waals surface area contributed by atoms with Crippen molar-refractivity contribution in [3.8, 4) is 22.3 Å². The summed E-state index contributed by atoms with van der Waals surface area (Å²) >= 11 is 0. The Morgan fingerprint density at radius 1 is 0.343 bits per heavy atom. The van der Waals surface area contributed by atoms with Crippen molar-refractivity contribution in [3.05, 3.63) is 204 Å². The van der Waals surface area contributed by atoms with E-state index in [0.717, 1.165) is 11.4 Å². The van der Waals surface area contributed by atoms with E-state index in [1.807, 2.05) is 0 Å². The molecule has 0 unspecified atom stereocenters. The van der Waals surface area contributed by atoms with Gasteiger partial charge in [-0.25, -0.2) is 0 Å². The molecule has 4 heteroatoms. The van der Waals surface area contributed by atoms with E-state index in [2.05, 4.69) is 273 Å². The van der Waals surface area contributed by atoms with Crippen LogP contribution >= 0.6 is 0 Å². The minimum absolute atomic E-state index is 0.00380. The zero-order valence-corrected chi connectivity index (χ0v) is 45.6. The van der Waals surface area contributed by atoms with Crippen LogP contribution in [0.3, 0.4) is 0 Å². The predicted molar refractivity (Wildman–Crippen MR) is 314 cm³/mol. The summed E-state index contributed by atoms with van der Waals surface area (Å²) in [5.74, 6) is 0. The molecule has 2 nitrogen and oxygen atoms in total. The van der Waals surface area contributed by atoms with Gasteiger partial charge in [-0.2, -0.15) is 0 Å². The van der Waals surface area contributed by atoms with Crippen LogP contribution in [0.15, 0.2) is 176 Å². The summed E-state index contributed by atoms with van der Waals surface area (Å²) in [5.41, 5.74) is 18.5. The molecule has 0 heterocycles. The third kappa shape index (κ3) is 8.35. The van der Waals surface area contributed by atoms with Crippen LogP contribution < -0.4 is 20.2 Å². The van der Waals surface area contributed by atoms with Crippen LogP contribution in [-0.2, 0) is 5.41 Å². The SMILES string of the molecule is Cc1ccccc1N(c1cc(-c2ccccc2)c([Si](C)(C)C)cc1C)c1cc(N(c2ccccc2C)c2cc(-c3ccccc3)c([Si](C)(C)C)cc2C)c2ccc3cc(C(C)(C)C)cc4ccc1c2c43. The zero-order chi connectivity index (χ0) is 49.4. The molecule has 0 aliphatic carbocycles. The summed E-state index contributed by atoms with van der Waals surface area (Å²) in [6.45, 7) is 31.1. The van der Waals surface area contributed by atoms with E-state index in [-0.39, 0.29) is 5.41 Å². The molecule has 0 saturated heterocycles. The lowest BCUT2D eigenvalue weighted by molar-refractivity contribution is 0.591. The highest BCUT2D eigenvalue weighted by molar-refractivity contribution is 6.90. The van der Waals surface area contributed by atoms with Crippen molar-refractivity contribution in [2.75, 3.05) is 9.80 Å². The Morgan fingerprint density at radius 2 is 0.729 bits per heavy atom. The third-order valence-corrected chi connectivity index (χ3v) is 18.7. The molecule has 0 aliphatic heterocycles. The van der Waals surface area contributed by atoms with Gasteiger partial charge in [0.05, 0.1) is 27.5 Å². The summed E-state index contributed by atoms with van der Waals surface area (Å²) in [6, 6.07) is 67.2. The van der Waals surface area contributed by atoms with Gasteiger partial charge in [-0.1, -0.05) is 216 Å². The summed E-state index contributed by atoms with van der Waals surface area (Å²) in [6.07, 6.45) is 0. The second-order valence-electron chi connectivity index (χ2n) is 22.9. The molecule has 0 amide bonds. The number of anilines is 6. The highest BCUT2D eigenvalue weighted by Gasteiger charge is 2.31. The average molecular weight is 945 g/mol. The first-order valence-electron chi connectivity index (χ1n) is 25.2. The van der Waals surface area contributed by atoms with E-state index in [1.54, 1.807) is 0 Å². The Morgan fingerprint density at radius 3 is 1.10 bits per heavy atom. The average Bonchev–Trinajstić information content (AvgIpc) is 3.32. The first-order chi connectivity index (χ1) is 33.3. The van der Waals surface area contributed by atoms with Crippen LogP contribution in [-0.4, -0.2) is 16.1 Å². The third-order valence-electron chi connectivity index (χ3n) is 14.7. The topological polar surface area (TPSA) is 6.48 Å². The smallest absolute Gasteiger partial charge is 0.0784 e. The molecule has 0 bridgehead atoms. The molecular weight excluding hydrogens is 877 g/mol. The number of hydrogen-bond donors (Lipinski definition) is 0. The molecule has 0 spiro atoms. The van der Waals surface area contributed by atoms with E-state index in [0.29, 0.717) is 0 Å². The van der Waals surface area contributed by atoms with Gasteiger partial charge in [0.2, 0.25) is 0 Å². The van der Waals surface area contributed by atoms with Crippen LogP contribution in [0.25, 0.3) is 54.6 Å². The highest BCUT2D eigenvalue weighted by atomic mass is 28.3. The van der Waals surface area contributed by atoms with Gasteiger partial charge in [-0.3, -0.25) is 0 Å². The Labute approximate surface area is 419 Å². The molecule has 350 valence electrons. The summed E-state index contributed by atoms with van der Waals surface area (Å²) in [4.78, 5) is 5.21. The van der Waals surface area contributed by atoms with Crippen molar-refractivity contribution in [2.24, 2.45) is 0 Å². The minimum Gasteiger partial charge on any atom is -0.309 e. The molecule has 10 rings (SSSR count). The van der Waals surface area contributed by atoms with Crippen LogP contribution in [0.1, 0.15) is 48.6 Å². The van der Waals surface area contributed by atoms with Crippen molar-refractivity contribution >= 4 is 93.0 Å². The number of rotatable bonds is 10. The number of benzene rings is 10. The number of para-hydroxylation sites is 2. The van der Waals surface area contributed by atoms with Gasteiger partial charge in [0, 0.05) is 38.9 Å². The number of nitrogens with zero attached hydrogens (tertiary/aromatic N) is 2. The Balaban J connectivity index is 1.39. The standard InChI is InChI=1S/C66H68N2Si2/c1-43-24-20-22-30-56(43)67(58-40-54(47-26-16-14-17-27-47)62(36-45(58)3)69(8,9)10)60-42-61(53-35-33-50-39-51(66(5,6)7)38-49-32-34-52(60)65(53)64(49)50)68(57-31-23-21-25-44(57)2)59-41-55(48-28-18-15-19-29-48)63(37-46(59)4)70(11,12)13/h14-42H,1-13H3. The lowest BCUT2D eigenvalue weighted by Crippen LogP contribution is -2.39. The van der Waals surface area contributed by atoms with Gasteiger partial charge in [-0.15, -0.1) is 0 Å². The second-order valence-corrected chi connectivity index (χ2v) is 33.0. The minimum atomic E-state index is -1.80. The van der Waals surface area contributed by atoms with Crippen LogP contribution in [0, 0.1) is 27.7 Å². The molecule has 10 aromatic carbocycles. The molecule has 0 fully saturated rings. The van der Waals surface area contributed by atoms with Crippen molar-refractivity contribution in [1.82, 2.24) is 0 Å². The fourth-order valence-electron chi connectivity index (χ4n) is 10.9. The molecular formula is C66H68N2Si2.